The van der Waals surface area contributed by atoms with E-state index in [0.717, 1.165) is 11.8 Å². The van der Waals surface area contributed by atoms with Crippen LogP contribution in [0, 0.1) is 29.6 Å². The number of nitriles is 1. The molecular weight excluding hydrogens is 435 g/mol. The summed E-state index contributed by atoms with van der Waals surface area (Å²) in [6, 6.07) is 7.12. The largest absolute Gasteiger partial charge is 0.417 e. The van der Waals surface area contributed by atoms with Crippen LogP contribution in [0.1, 0.15) is 40.2 Å². The molecule has 1 spiro atoms. The maximum atomic E-state index is 13.4. The number of likely N-dealkylation sites (tertiary alicyclic amines) is 1. The third kappa shape index (κ3) is 4.17. The van der Waals surface area contributed by atoms with Crippen molar-refractivity contribution in [2.75, 3.05) is 37.7 Å². The molecule has 2 saturated heterocycles. The van der Waals surface area contributed by atoms with Crippen LogP contribution in [0.3, 0.4) is 0 Å². The van der Waals surface area contributed by atoms with E-state index < -0.39 is 17.3 Å². The number of alkyl halides is 3. The molecule has 1 aromatic heterocycles. The van der Waals surface area contributed by atoms with Crippen LogP contribution in [-0.2, 0) is 13.2 Å². The lowest BCUT2D eigenvalue weighted by molar-refractivity contribution is -0.137. The number of rotatable bonds is 3. The maximum absolute atomic E-state index is 13.4. The normalized spacial score (nSPS) is 20.3. The first-order valence-electron chi connectivity index (χ1n) is 10.8. The van der Waals surface area contributed by atoms with Gasteiger partial charge in [-0.1, -0.05) is 0 Å². The second kappa shape index (κ2) is 8.37. The second-order valence-electron chi connectivity index (χ2n) is 9.05. The molecule has 0 aliphatic carbocycles. The molecule has 7 nitrogen and oxygen atoms in total. The molecular formula is C23H26F3N5O2. The van der Waals surface area contributed by atoms with Gasteiger partial charge in [0.25, 0.3) is 5.91 Å². The number of halogens is 3. The van der Waals surface area contributed by atoms with Crippen LogP contribution in [0.5, 0.6) is 0 Å². The number of benzene rings is 1. The molecule has 3 heterocycles. The number of amides is 1. The van der Waals surface area contributed by atoms with Crippen molar-refractivity contribution in [2.24, 2.45) is 18.4 Å². The molecule has 4 rings (SSSR count). The van der Waals surface area contributed by atoms with Crippen LogP contribution < -0.4 is 4.90 Å². The Balaban J connectivity index is 1.52. The van der Waals surface area contributed by atoms with Crippen molar-refractivity contribution < 1.29 is 23.1 Å². The Labute approximate surface area is 190 Å². The third-order valence-corrected chi connectivity index (χ3v) is 7.09. The van der Waals surface area contributed by atoms with Crippen LogP contribution in [0.15, 0.2) is 24.3 Å². The van der Waals surface area contributed by atoms with Crippen LogP contribution in [0.2, 0.25) is 0 Å². The summed E-state index contributed by atoms with van der Waals surface area (Å²) in [5.74, 6) is -0.205. The summed E-state index contributed by atoms with van der Waals surface area (Å²) in [5.41, 5.74) is 0.0296. The van der Waals surface area contributed by atoms with Gasteiger partial charge in [-0.3, -0.25) is 9.48 Å². The van der Waals surface area contributed by atoms with Crippen molar-refractivity contribution in [3.8, 4) is 6.07 Å². The number of aliphatic hydroxyl groups excluding tert-OH is 1. The van der Waals surface area contributed by atoms with Gasteiger partial charge < -0.3 is 14.9 Å². The van der Waals surface area contributed by atoms with Gasteiger partial charge in [0.1, 0.15) is 5.69 Å². The van der Waals surface area contributed by atoms with Crippen molar-refractivity contribution in [1.29, 1.82) is 5.26 Å². The summed E-state index contributed by atoms with van der Waals surface area (Å²) in [6.45, 7) is 3.69. The molecule has 0 radical (unpaired) electrons. The number of carbonyl (C=O) groups is 1. The lowest BCUT2D eigenvalue weighted by Crippen LogP contribution is -2.47. The highest BCUT2D eigenvalue weighted by atomic mass is 19.4. The minimum absolute atomic E-state index is 0.0756. The summed E-state index contributed by atoms with van der Waals surface area (Å²) in [4.78, 5) is 16.6. The van der Waals surface area contributed by atoms with Gasteiger partial charge in [-0.25, -0.2) is 0 Å². The Morgan fingerprint density at radius 2 is 2.00 bits per heavy atom. The van der Waals surface area contributed by atoms with Gasteiger partial charge in [0.15, 0.2) is 0 Å². The minimum atomic E-state index is -4.62. The Hall–Kier alpha value is -3.06. The molecule has 2 fully saturated rings. The number of hydrogen-bond acceptors (Lipinski definition) is 5. The fourth-order valence-corrected chi connectivity index (χ4v) is 5.24. The molecule has 1 amide bonds. The van der Waals surface area contributed by atoms with Gasteiger partial charge in [-0.15, -0.1) is 0 Å². The van der Waals surface area contributed by atoms with E-state index in [1.807, 2.05) is 11.8 Å². The van der Waals surface area contributed by atoms with E-state index in [2.05, 4.69) is 5.10 Å². The van der Waals surface area contributed by atoms with Crippen LogP contribution in [-0.4, -0.2) is 58.5 Å². The predicted molar refractivity (Wildman–Crippen MR) is 114 cm³/mol. The molecule has 0 bridgehead atoms. The SMILES string of the molecule is Cc1cc(C(=O)N2CCC3(CC2)CN(c2ccc(C#N)c(C(F)(F)F)c2)CC3CO)n(C)n1. The lowest BCUT2D eigenvalue weighted by Gasteiger charge is -2.42. The van der Waals surface area contributed by atoms with E-state index in [0.29, 0.717) is 50.4 Å². The molecule has 2 aromatic rings. The van der Waals surface area contributed by atoms with E-state index in [9.17, 15) is 23.1 Å². The smallest absolute Gasteiger partial charge is 0.396 e. The van der Waals surface area contributed by atoms with E-state index in [1.165, 1.54) is 12.1 Å². The molecule has 2 aliphatic rings. The first-order valence-corrected chi connectivity index (χ1v) is 10.8. The summed E-state index contributed by atoms with van der Waals surface area (Å²) in [6.07, 6.45) is -3.32. The number of aromatic nitrogens is 2. The molecule has 1 unspecified atom stereocenters. The van der Waals surface area contributed by atoms with E-state index in [4.69, 9.17) is 5.26 Å². The Morgan fingerprint density at radius 3 is 2.55 bits per heavy atom. The Morgan fingerprint density at radius 1 is 1.30 bits per heavy atom. The highest BCUT2D eigenvalue weighted by Gasteiger charge is 2.48. The molecule has 176 valence electrons. The standard InChI is InChI=1S/C23H26F3N5O2/c1-15-9-20(29(2)28-15)21(33)30-7-5-22(6-8-30)14-31(12-17(22)13-32)18-4-3-16(11-27)19(10-18)23(24,25)26/h3-4,9-10,17,32H,5-8,12-14H2,1-2H3. The zero-order valence-electron chi connectivity index (χ0n) is 18.6. The third-order valence-electron chi connectivity index (χ3n) is 7.09. The first-order chi connectivity index (χ1) is 15.6. The summed E-state index contributed by atoms with van der Waals surface area (Å²) in [5, 5.41) is 23.4. The van der Waals surface area contributed by atoms with Crippen molar-refractivity contribution in [3.05, 3.63) is 46.8 Å². The van der Waals surface area contributed by atoms with Crippen LogP contribution >= 0.6 is 0 Å². The zero-order valence-corrected chi connectivity index (χ0v) is 18.6. The van der Waals surface area contributed by atoms with Crippen LogP contribution in [0.4, 0.5) is 18.9 Å². The number of nitrogens with zero attached hydrogens (tertiary/aromatic N) is 5. The van der Waals surface area contributed by atoms with Crippen molar-refractivity contribution in [3.63, 3.8) is 0 Å². The van der Waals surface area contributed by atoms with Gasteiger partial charge in [-0.2, -0.15) is 23.5 Å². The molecule has 33 heavy (non-hydrogen) atoms. The summed E-state index contributed by atoms with van der Waals surface area (Å²) < 4.78 is 41.9. The molecule has 2 aliphatic heterocycles. The maximum Gasteiger partial charge on any atom is 0.417 e. The predicted octanol–water partition coefficient (Wildman–Crippen LogP) is 2.97. The second-order valence-corrected chi connectivity index (χ2v) is 9.05. The topological polar surface area (TPSA) is 85.4 Å². The number of aliphatic hydroxyl groups is 1. The van der Waals surface area contributed by atoms with Gasteiger partial charge in [0, 0.05) is 51.4 Å². The van der Waals surface area contributed by atoms with Gasteiger partial charge >= 0.3 is 6.18 Å². The number of carbonyl (C=O) groups excluding carboxylic acids is 1. The average Bonchev–Trinajstić information content (AvgIpc) is 3.31. The van der Waals surface area contributed by atoms with Crippen molar-refractivity contribution >= 4 is 11.6 Å². The van der Waals surface area contributed by atoms with E-state index >= 15 is 0 Å². The number of hydrogen-bond donors (Lipinski definition) is 1. The fourth-order valence-electron chi connectivity index (χ4n) is 5.24. The monoisotopic (exact) mass is 461 g/mol. The quantitative estimate of drug-likeness (QED) is 0.760. The van der Waals surface area contributed by atoms with Gasteiger partial charge in [0.05, 0.1) is 22.9 Å². The highest BCUT2D eigenvalue weighted by Crippen LogP contribution is 2.46. The molecule has 10 heteroatoms. The number of aryl methyl sites for hydroxylation is 2. The van der Waals surface area contributed by atoms with Crippen LogP contribution in [0.25, 0.3) is 0 Å². The zero-order chi connectivity index (χ0) is 24.0. The average molecular weight is 461 g/mol. The van der Waals surface area contributed by atoms with E-state index in [-0.39, 0.29) is 23.8 Å². The molecule has 1 aromatic carbocycles. The first kappa shape index (κ1) is 23.1. The van der Waals surface area contributed by atoms with Gasteiger partial charge in [-0.05, 0) is 49.4 Å². The molecule has 1 atom stereocenters. The highest BCUT2D eigenvalue weighted by molar-refractivity contribution is 5.92. The van der Waals surface area contributed by atoms with Gasteiger partial charge in [0.2, 0.25) is 0 Å². The summed E-state index contributed by atoms with van der Waals surface area (Å²) in [7, 11) is 1.73. The lowest BCUT2D eigenvalue weighted by atomic mass is 9.71. The molecule has 0 saturated carbocycles. The minimum Gasteiger partial charge on any atom is -0.396 e. The fraction of sp³-hybridized carbons (Fsp3) is 0.522. The van der Waals surface area contributed by atoms with E-state index in [1.54, 1.807) is 28.8 Å². The Kier molecular flexibility index (Phi) is 5.86. The number of anilines is 1. The van der Waals surface area contributed by atoms with Crippen molar-refractivity contribution in [2.45, 2.75) is 25.9 Å². The van der Waals surface area contributed by atoms with Crippen molar-refractivity contribution in [1.82, 2.24) is 14.7 Å². The summed E-state index contributed by atoms with van der Waals surface area (Å²) >= 11 is 0. The molecule has 1 N–H and O–H groups in total. The number of piperidine rings is 1. The Bertz CT molecular complexity index is 1100.